The van der Waals surface area contributed by atoms with Gasteiger partial charge in [0.1, 0.15) is 10.8 Å². The quantitative estimate of drug-likeness (QED) is 0.280. The van der Waals surface area contributed by atoms with E-state index in [0.717, 1.165) is 18.4 Å². The maximum atomic E-state index is 14.7. The van der Waals surface area contributed by atoms with Gasteiger partial charge in [0, 0.05) is 10.4 Å². The van der Waals surface area contributed by atoms with Crippen LogP contribution in [0.25, 0.3) is 10.4 Å². The summed E-state index contributed by atoms with van der Waals surface area (Å²) in [7, 11) is 2.14. The van der Waals surface area contributed by atoms with Crippen LogP contribution in [-0.2, 0) is 14.3 Å². The van der Waals surface area contributed by atoms with Crippen molar-refractivity contribution in [3.05, 3.63) is 71.3 Å². The molecule has 0 aliphatic heterocycles. The third kappa shape index (κ3) is 5.59. The highest BCUT2D eigenvalue weighted by atomic mass is 32.1. The van der Waals surface area contributed by atoms with Gasteiger partial charge in [-0.3, -0.25) is 4.79 Å². The van der Waals surface area contributed by atoms with Crippen LogP contribution in [0.2, 0.25) is 0 Å². The monoisotopic (exact) mass is 550 g/mol. The van der Waals surface area contributed by atoms with Crippen LogP contribution in [0.3, 0.4) is 0 Å². The molecule has 12 heteroatoms. The van der Waals surface area contributed by atoms with E-state index in [-0.39, 0.29) is 22.7 Å². The number of carbonyl (C=O) groups is 3. The van der Waals surface area contributed by atoms with Crippen molar-refractivity contribution in [1.82, 2.24) is 5.32 Å². The average Bonchev–Trinajstić information content (AvgIpc) is 3.23. The van der Waals surface area contributed by atoms with Crippen LogP contribution in [0.15, 0.2) is 54.6 Å². The highest BCUT2D eigenvalue weighted by molar-refractivity contribution is 7.20. The molecule has 0 aliphatic rings. The van der Waals surface area contributed by atoms with Crippen molar-refractivity contribution in [3.63, 3.8) is 0 Å². The first-order valence-corrected chi connectivity index (χ1v) is 12.1. The number of halogens is 3. The first-order chi connectivity index (χ1) is 18.0. The number of alkyl halides is 3. The van der Waals surface area contributed by atoms with Crippen LogP contribution in [0.5, 0.6) is 5.75 Å². The van der Waals surface area contributed by atoms with E-state index in [1.54, 1.807) is 49.5 Å². The summed E-state index contributed by atoms with van der Waals surface area (Å²) in [6.45, 7) is 3.07. The minimum Gasteiger partial charge on any atom is -0.497 e. The van der Waals surface area contributed by atoms with Crippen LogP contribution < -0.4 is 15.4 Å². The molecule has 1 unspecified atom stereocenters. The van der Waals surface area contributed by atoms with Crippen molar-refractivity contribution in [3.8, 4) is 16.2 Å². The maximum absolute atomic E-state index is 14.7. The van der Waals surface area contributed by atoms with Crippen LogP contribution in [0.1, 0.15) is 33.2 Å². The van der Waals surface area contributed by atoms with Gasteiger partial charge in [0.2, 0.25) is 0 Å². The molecule has 202 valence electrons. The number of hydrogen-bond donors (Lipinski definition) is 2. The fourth-order valence-electron chi connectivity index (χ4n) is 3.61. The molecule has 0 fully saturated rings. The molecule has 38 heavy (non-hydrogen) atoms. The van der Waals surface area contributed by atoms with Gasteiger partial charge in [0.05, 0.1) is 26.4 Å². The molecule has 0 radical (unpaired) electrons. The van der Waals surface area contributed by atoms with Crippen molar-refractivity contribution in [2.45, 2.75) is 25.7 Å². The van der Waals surface area contributed by atoms with E-state index in [2.05, 4.69) is 10.1 Å². The Balaban J connectivity index is 2.17. The molecule has 1 amide bonds. The zero-order valence-corrected chi connectivity index (χ0v) is 21.7. The lowest BCUT2D eigenvalue weighted by Gasteiger charge is -2.34. The molecular weight excluding hydrogens is 525 g/mol. The Kier molecular flexibility index (Phi) is 8.67. The molecule has 1 atom stereocenters. The molecule has 0 saturated heterocycles. The summed E-state index contributed by atoms with van der Waals surface area (Å²) in [6.07, 6.45) is -5.40. The number of esters is 2. The normalized spacial score (nSPS) is 12.7. The molecule has 1 aromatic heterocycles. The molecule has 3 aromatic rings. The third-order valence-corrected chi connectivity index (χ3v) is 6.79. The molecule has 3 rings (SSSR count). The van der Waals surface area contributed by atoms with Gasteiger partial charge in [-0.25, -0.2) is 9.59 Å². The summed E-state index contributed by atoms with van der Waals surface area (Å²) in [6, 6.07) is 13.9. The molecule has 2 aromatic carbocycles. The Morgan fingerprint density at radius 2 is 1.61 bits per heavy atom. The minimum absolute atomic E-state index is 0.0378. The Morgan fingerprint density at radius 1 is 0.974 bits per heavy atom. The third-order valence-electron chi connectivity index (χ3n) is 5.53. The largest absolute Gasteiger partial charge is 0.497 e. The molecule has 1 heterocycles. The Labute approximate surface area is 220 Å². The number of rotatable bonds is 9. The number of thiophene rings is 1. The van der Waals surface area contributed by atoms with Crippen molar-refractivity contribution in [1.29, 1.82) is 0 Å². The second-order valence-corrected chi connectivity index (χ2v) is 8.91. The number of nitrogens with one attached hydrogen (secondary N) is 2. The van der Waals surface area contributed by atoms with Crippen molar-refractivity contribution >= 4 is 34.2 Å². The molecule has 0 aliphatic carbocycles. The average molecular weight is 551 g/mol. The summed E-state index contributed by atoms with van der Waals surface area (Å²) in [4.78, 5) is 39.0. The summed E-state index contributed by atoms with van der Waals surface area (Å²) in [5.74, 6) is -3.59. The Hall–Kier alpha value is -4.06. The van der Waals surface area contributed by atoms with Crippen LogP contribution >= 0.6 is 11.3 Å². The van der Waals surface area contributed by atoms with Crippen molar-refractivity contribution < 1.29 is 41.8 Å². The van der Waals surface area contributed by atoms with E-state index in [0.29, 0.717) is 21.8 Å². The second kappa shape index (κ2) is 11.5. The van der Waals surface area contributed by atoms with Crippen LogP contribution in [-0.4, -0.2) is 50.5 Å². The summed E-state index contributed by atoms with van der Waals surface area (Å²) in [5.41, 5.74) is -3.16. The standard InChI is InChI=1S/C26H25F3N2O6S/c1-5-37-23(33)19-15(2)20(16-9-7-6-8-10-16)38-22(19)31-25(24(34)36-4,26(27,28)29)30-21(32)17-11-13-18(35-3)14-12-17/h6-14,31H,5H2,1-4H3,(H,30,32). The summed E-state index contributed by atoms with van der Waals surface area (Å²) >= 11 is 0.805. The van der Waals surface area contributed by atoms with Crippen LogP contribution in [0, 0.1) is 6.92 Å². The first kappa shape index (κ1) is 28.5. The molecule has 0 saturated carbocycles. The zero-order valence-electron chi connectivity index (χ0n) is 20.9. The highest BCUT2D eigenvalue weighted by Crippen LogP contribution is 2.43. The van der Waals surface area contributed by atoms with E-state index in [1.807, 2.05) is 0 Å². The first-order valence-electron chi connectivity index (χ1n) is 11.2. The topological polar surface area (TPSA) is 103 Å². The Morgan fingerprint density at radius 3 is 2.13 bits per heavy atom. The van der Waals surface area contributed by atoms with E-state index < -0.39 is 29.7 Å². The van der Waals surface area contributed by atoms with Gasteiger partial charge < -0.3 is 24.8 Å². The van der Waals surface area contributed by atoms with Gasteiger partial charge in [-0.15, -0.1) is 11.3 Å². The lowest BCUT2D eigenvalue weighted by atomic mass is 10.1. The van der Waals surface area contributed by atoms with Gasteiger partial charge in [0.25, 0.3) is 5.91 Å². The number of hydrogen-bond acceptors (Lipinski definition) is 8. The number of anilines is 1. The molecule has 0 bridgehead atoms. The van der Waals surface area contributed by atoms with E-state index >= 15 is 0 Å². The maximum Gasteiger partial charge on any atom is 0.441 e. The van der Waals surface area contributed by atoms with E-state index in [4.69, 9.17) is 9.47 Å². The zero-order chi connectivity index (χ0) is 28.1. The lowest BCUT2D eigenvalue weighted by molar-refractivity contribution is -0.203. The number of benzene rings is 2. The summed E-state index contributed by atoms with van der Waals surface area (Å²) < 4.78 is 58.7. The van der Waals surface area contributed by atoms with Crippen molar-refractivity contribution in [2.24, 2.45) is 0 Å². The Bertz CT molecular complexity index is 1310. The number of amides is 1. The highest BCUT2D eigenvalue weighted by Gasteiger charge is 2.64. The van der Waals surface area contributed by atoms with Crippen LogP contribution in [0.4, 0.5) is 18.2 Å². The SMILES string of the molecule is CCOC(=O)c1c(NC(NC(=O)c2ccc(OC)cc2)(C(=O)OC)C(F)(F)F)sc(-c2ccccc2)c1C. The van der Waals surface area contributed by atoms with Gasteiger partial charge in [-0.05, 0) is 49.2 Å². The smallest absolute Gasteiger partial charge is 0.441 e. The van der Waals surface area contributed by atoms with E-state index in [1.165, 1.54) is 31.4 Å². The fourth-order valence-corrected chi connectivity index (χ4v) is 4.87. The number of carbonyl (C=O) groups excluding carboxylic acids is 3. The van der Waals surface area contributed by atoms with Gasteiger partial charge >= 0.3 is 23.8 Å². The van der Waals surface area contributed by atoms with Gasteiger partial charge in [0.15, 0.2) is 0 Å². The fraction of sp³-hybridized carbons (Fsp3) is 0.269. The van der Waals surface area contributed by atoms with Gasteiger partial charge in [-0.1, -0.05) is 30.3 Å². The molecule has 0 spiro atoms. The minimum atomic E-state index is -5.40. The lowest BCUT2D eigenvalue weighted by Crippen LogP contribution is -2.69. The second-order valence-electron chi connectivity index (χ2n) is 7.89. The number of ether oxygens (including phenoxy) is 3. The predicted octanol–water partition coefficient (Wildman–Crippen LogP) is 5.18. The van der Waals surface area contributed by atoms with E-state index in [9.17, 15) is 27.6 Å². The summed E-state index contributed by atoms with van der Waals surface area (Å²) in [5, 5.41) is 3.53. The van der Waals surface area contributed by atoms with Crippen molar-refractivity contribution in [2.75, 3.05) is 26.1 Å². The van der Waals surface area contributed by atoms with Gasteiger partial charge in [-0.2, -0.15) is 13.2 Å². The molecular formula is C26H25F3N2O6S. The molecule has 2 N–H and O–H groups in total. The number of methoxy groups -OCH3 is 2. The molecule has 8 nitrogen and oxygen atoms in total. The predicted molar refractivity (Wildman–Crippen MR) is 135 cm³/mol.